The molecule has 0 bridgehead atoms. The molecular weight excluding hydrogens is 444 g/mol. The number of nitrogens with zero attached hydrogens (tertiary/aromatic N) is 1. The van der Waals surface area contributed by atoms with Crippen molar-refractivity contribution < 1.29 is 22.3 Å². The first-order valence-electron chi connectivity index (χ1n) is 10.8. The summed E-state index contributed by atoms with van der Waals surface area (Å²) in [5.41, 5.74) is 2.97. The summed E-state index contributed by atoms with van der Waals surface area (Å²) < 4.78 is 58.2. The van der Waals surface area contributed by atoms with Crippen LogP contribution < -0.4 is 10.1 Å². The van der Waals surface area contributed by atoms with Crippen LogP contribution in [0.1, 0.15) is 42.8 Å². The van der Waals surface area contributed by atoms with Crippen molar-refractivity contribution in [2.45, 2.75) is 32.1 Å². The van der Waals surface area contributed by atoms with E-state index in [-0.39, 0.29) is 17.9 Å². The lowest BCUT2D eigenvalue weighted by atomic mass is 9.97. The summed E-state index contributed by atoms with van der Waals surface area (Å²) in [6, 6.07) is 18.7. The summed E-state index contributed by atoms with van der Waals surface area (Å²) in [6.45, 7) is 3.86. The lowest BCUT2D eigenvalue weighted by Crippen LogP contribution is -2.23. The van der Waals surface area contributed by atoms with Gasteiger partial charge in [-0.2, -0.15) is 13.2 Å². The van der Waals surface area contributed by atoms with Crippen LogP contribution in [-0.4, -0.2) is 12.1 Å². The molecule has 34 heavy (non-hydrogen) atoms. The Balaban J connectivity index is 1.69. The molecule has 4 aromatic rings. The molecule has 0 saturated heterocycles. The number of fused-ring (bicyclic) bond motifs is 1. The number of alkyl halides is 3. The number of nitrogens with one attached hydrogen (secondary N) is 1. The Kier molecular flexibility index (Phi) is 6.57. The van der Waals surface area contributed by atoms with Crippen LogP contribution in [0.2, 0.25) is 0 Å². The highest BCUT2D eigenvalue weighted by molar-refractivity contribution is 5.94. The second-order valence-electron chi connectivity index (χ2n) is 8.22. The van der Waals surface area contributed by atoms with Crippen LogP contribution in [0.3, 0.4) is 0 Å². The summed E-state index contributed by atoms with van der Waals surface area (Å²) >= 11 is 0. The molecule has 1 aromatic heterocycles. The standard InChI is InChI=1S/C27H24F4N2O/c1-16(19-12-21(28)14-22(13-19)34-3)32-17(2)26-15-24(23-6-4-5-7-25(23)33-26)18-8-10-20(11-9-18)27(29,30)31/h4-17,32H,1-3H3/t16-,17?/m1/s1. The van der Waals surface area contributed by atoms with E-state index in [1.54, 1.807) is 6.07 Å². The number of methoxy groups -OCH3 is 1. The van der Waals surface area contributed by atoms with E-state index in [9.17, 15) is 17.6 Å². The number of hydrogen-bond acceptors (Lipinski definition) is 3. The number of aromatic nitrogens is 1. The highest BCUT2D eigenvalue weighted by atomic mass is 19.4. The van der Waals surface area contributed by atoms with Crippen molar-refractivity contribution in [3.05, 3.63) is 95.4 Å². The van der Waals surface area contributed by atoms with Gasteiger partial charge in [-0.15, -0.1) is 0 Å². The average molecular weight is 468 g/mol. The maximum Gasteiger partial charge on any atom is 0.416 e. The molecule has 0 aliphatic carbocycles. The lowest BCUT2D eigenvalue weighted by Gasteiger charge is -2.22. The molecule has 1 heterocycles. The van der Waals surface area contributed by atoms with E-state index in [0.717, 1.165) is 39.9 Å². The van der Waals surface area contributed by atoms with Gasteiger partial charge in [-0.1, -0.05) is 30.3 Å². The molecule has 1 unspecified atom stereocenters. The van der Waals surface area contributed by atoms with E-state index in [2.05, 4.69) is 5.32 Å². The molecule has 3 aromatic carbocycles. The first kappa shape index (κ1) is 23.7. The predicted octanol–water partition coefficient (Wildman–Crippen LogP) is 7.48. The van der Waals surface area contributed by atoms with E-state index in [4.69, 9.17) is 9.72 Å². The Labute approximate surface area is 195 Å². The fourth-order valence-corrected chi connectivity index (χ4v) is 4.00. The summed E-state index contributed by atoms with van der Waals surface area (Å²) in [4.78, 5) is 4.77. The Bertz CT molecular complexity index is 1300. The number of pyridine rings is 1. The molecule has 0 spiro atoms. The molecule has 7 heteroatoms. The normalized spacial score (nSPS) is 13.6. The molecule has 0 saturated carbocycles. The number of para-hydroxylation sites is 1. The number of halogens is 4. The Morgan fingerprint density at radius 2 is 1.59 bits per heavy atom. The smallest absolute Gasteiger partial charge is 0.416 e. The molecule has 1 N–H and O–H groups in total. The molecule has 3 nitrogen and oxygen atoms in total. The minimum absolute atomic E-state index is 0.206. The van der Waals surface area contributed by atoms with Gasteiger partial charge >= 0.3 is 6.18 Å². The third-order valence-electron chi connectivity index (χ3n) is 5.83. The van der Waals surface area contributed by atoms with Crippen molar-refractivity contribution >= 4 is 10.9 Å². The first-order valence-corrected chi connectivity index (χ1v) is 10.8. The van der Waals surface area contributed by atoms with Gasteiger partial charge in [-0.3, -0.25) is 4.98 Å². The highest BCUT2D eigenvalue weighted by Crippen LogP contribution is 2.34. The number of ether oxygens (including phenoxy) is 1. The quantitative estimate of drug-likeness (QED) is 0.298. The number of benzene rings is 3. The van der Waals surface area contributed by atoms with Crippen molar-refractivity contribution in [2.24, 2.45) is 0 Å². The lowest BCUT2D eigenvalue weighted by molar-refractivity contribution is -0.137. The minimum atomic E-state index is -4.39. The van der Waals surface area contributed by atoms with Crippen molar-refractivity contribution in [1.29, 1.82) is 0 Å². The van der Waals surface area contributed by atoms with Gasteiger partial charge in [-0.05, 0) is 66.9 Å². The van der Waals surface area contributed by atoms with Crippen molar-refractivity contribution in [3.8, 4) is 16.9 Å². The highest BCUT2D eigenvalue weighted by Gasteiger charge is 2.30. The Morgan fingerprint density at radius 3 is 2.26 bits per heavy atom. The van der Waals surface area contributed by atoms with Crippen LogP contribution in [0, 0.1) is 5.82 Å². The monoisotopic (exact) mass is 468 g/mol. The third kappa shape index (κ3) is 5.04. The van der Waals surface area contributed by atoms with Gasteiger partial charge in [0.05, 0.1) is 23.9 Å². The van der Waals surface area contributed by atoms with Gasteiger partial charge in [0.25, 0.3) is 0 Å². The fraction of sp³-hybridized carbons (Fsp3) is 0.222. The molecule has 2 atom stereocenters. The van der Waals surface area contributed by atoms with Crippen LogP contribution in [0.15, 0.2) is 72.8 Å². The van der Waals surface area contributed by atoms with E-state index < -0.39 is 11.7 Å². The molecule has 0 aliphatic heterocycles. The topological polar surface area (TPSA) is 34.1 Å². The Hall–Kier alpha value is -3.45. The third-order valence-corrected chi connectivity index (χ3v) is 5.83. The summed E-state index contributed by atoms with van der Waals surface area (Å²) in [5.74, 6) is 0.0498. The Morgan fingerprint density at radius 1 is 0.882 bits per heavy atom. The average Bonchev–Trinajstić information content (AvgIpc) is 2.82. The van der Waals surface area contributed by atoms with Gasteiger partial charge in [0.2, 0.25) is 0 Å². The zero-order valence-corrected chi connectivity index (χ0v) is 19.0. The van der Waals surface area contributed by atoms with Gasteiger partial charge < -0.3 is 10.1 Å². The summed E-state index contributed by atoms with van der Waals surface area (Å²) in [5, 5.41) is 4.28. The maximum absolute atomic E-state index is 14.0. The SMILES string of the molecule is COc1cc(F)cc([C@@H](C)NC(C)c2cc(-c3ccc(C(F)(F)F)cc3)c3ccccc3n2)c1. The van der Waals surface area contributed by atoms with E-state index >= 15 is 0 Å². The number of rotatable bonds is 6. The van der Waals surface area contributed by atoms with E-state index in [1.165, 1.54) is 31.4 Å². The molecule has 4 rings (SSSR count). The predicted molar refractivity (Wildman–Crippen MR) is 125 cm³/mol. The first-order chi connectivity index (χ1) is 16.2. The van der Waals surface area contributed by atoms with Crippen molar-refractivity contribution in [3.63, 3.8) is 0 Å². The van der Waals surface area contributed by atoms with Crippen LogP contribution in [0.25, 0.3) is 22.0 Å². The molecular formula is C27H24F4N2O. The zero-order chi connectivity index (χ0) is 24.5. The molecule has 176 valence electrons. The fourth-order valence-electron chi connectivity index (χ4n) is 4.00. The minimum Gasteiger partial charge on any atom is -0.497 e. The summed E-state index contributed by atoms with van der Waals surface area (Å²) in [6.07, 6.45) is -4.39. The molecule has 0 amide bonds. The maximum atomic E-state index is 14.0. The van der Waals surface area contributed by atoms with Crippen LogP contribution in [-0.2, 0) is 6.18 Å². The van der Waals surface area contributed by atoms with E-state index in [1.807, 2.05) is 44.2 Å². The van der Waals surface area contributed by atoms with Gasteiger partial charge in [0.15, 0.2) is 0 Å². The number of hydrogen-bond donors (Lipinski definition) is 1. The second kappa shape index (κ2) is 9.43. The summed E-state index contributed by atoms with van der Waals surface area (Å²) in [7, 11) is 1.49. The van der Waals surface area contributed by atoms with Gasteiger partial charge in [0.1, 0.15) is 11.6 Å². The van der Waals surface area contributed by atoms with Gasteiger partial charge in [0, 0.05) is 23.5 Å². The van der Waals surface area contributed by atoms with Gasteiger partial charge in [-0.25, -0.2) is 4.39 Å². The largest absolute Gasteiger partial charge is 0.497 e. The van der Waals surface area contributed by atoms with Crippen molar-refractivity contribution in [1.82, 2.24) is 10.3 Å². The van der Waals surface area contributed by atoms with E-state index in [0.29, 0.717) is 11.3 Å². The molecule has 0 radical (unpaired) electrons. The van der Waals surface area contributed by atoms with Crippen LogP contribution in [0.5, 0.6) is 5.75 Å². The second-order valence-corrected chi connectivity index (χ2v) is 8.22. The zero-order valence-electron chi connectivity index (χ0n) is 19.0. The van der Waals surface area contributed by atoms with Crippen LogP contribution >= 0.6 is 0 Å². The van der Waals surface area contributed by atoms with Crippen molar-refractivity contribution in [2.75, 3.05) is 7.11 Å². The molecule has 0 fully saturated rings. The van der Waals surface area contributed by atoms with Crippen LogP contribution in [0.4, 0.5) is 17.6 Å². The molecule has 0 aliphatic rings.